The largest absolute Gasteiger partial charge is 0.329 e. The first-order valence-electron chi connectivity index (χ1n) is 6.26. The van der Waals surface area contributed by atoms with Crippen molar-refractivity contribution in [2.24, 2.45) is 11.1 Å². The molecule has 0 bridgehead atoms. The maximum atomic E-state index is 12.3. The van der Waals surface area contributed by atoms with Crippen molar-refractivity contribution < 1.29 is 9.59 Å². The predicted molar refractivity (Wildman–Crippen MR) is 75.0 cm³/mol. The van der Waals surface area contributed by atoms with Crippen LogP contribution in [-0.4, -0.2) is 25.4 Å². The van der Waals surface area contributed by atoms with Crippen LogP contribution in [0.15, 0.2) is 18.2 Å². The molecule has 0 saturated heterocycles. The minimum Gasteiger partial charge on any atom is -0.329 e. The molecule has 0 saturated carbocycles. The average Bonchev–Trinajstić information content (AvgIpc) is 2.75. The Kier molecular flexibility index (Phi) is 3.32. The Hall–Kier alpha value is -1.88. The predicted octanol–water partition coefficient (Wildman–Crippen LogP) is 1.13. The van der Waals surface area contributed by atoms with Gasteiger partial charge in [0, 0.05) is 25.0 Å². The van der Waals surface area contributed by atoms with Gasteiger partial charge in [0.1, 0.15) is 0 Å². The zero-order valence-electron chi connectivity index (χ0n) is 11.5. The molecule has 3 N–H and O–H groups in total. The molecule has 0 unspecified atom stereocenters. The lowest BCUT2D eigenvalue weighted by Crippen LogP contribution is -2.43. The van der Waals surface area contributed by atoms with E-state index in [4.69, 9.17) is 5.73 Å². The molecule has 5 heteroatoms. The van der Waals surface area contributed by atoms with Crippen molar-refractivity contribution >= 4 is 23.2 Å². The van der Waals surface area contributed by atoms with Gasteiger partial charge in [-0.05, 0) is 37.6 Å². The smallest absolute Gasteiger partial charge is 0.233 e. The molecule has 1 aliphatic heterocycles. The van der Waals surface area contributed by atoms with E-state index in [-0.39, 0.29) is 11.8 Å². The van der Waals surface area contributed by atoms with Crippen molar-refractivity contribution in [2.75, 3.05) is 23.8 Å². The van der Waals surface area contributed by atoms with Gasteiger partial charge >= 0.3 is 0 Å². The Morgan fingerprint density at radius 3 is 2.79 bits per heavy atom. The highest BCUT2D eigenvalue weighted by Gasteiger charge is 2.30. The lowest BCUT2D eigenvalue weighted by molar-refractivity contribution is -0.125. The zero-order valence-corrected chi connectivity index (χ0v) is 11.5. The second-order valence-electron chi connectivity index (χ2n) is 5.52. The summed E-state index contributed by atoms with van der Waals surface area (Å²) in [6.45, 7) is 3.94. The number of nitrogens with one attached hydrogen (secondary N) is 1. The highest BCUT2D eigenvalue weighted by Crippen LogP contribution is 2.29. The number of amides is 2. The first-order chi connectivity index (χ1) is 8.85. The molecule has 0 radical (unpaired) electrons. The quantitative estimate of drug-likeness (QED) is 0.856. The Labute approximate surface area is 112 Å². The number of hydrogen-bond donors (Lipinski definition) is 2. The van der Waals surface area contributed by atoms with E-state index in [1.165, 1.54) is 0 Å². The highest BCUT2D eigenvalue weighted by atomic mass is 16.2. The number of benzene rings is 1. The van der Waals surface area contributed by atoms with Crippen LogP contribution >= 0.6 is 0 Å². The monoisotopic (exact) mass is 261 g/mol. The van der Waals surface area contributed by atoms with Gasteiger partial charge < -0.3 is 16.0 Å². The molecule has 1 heterocycles. The Balaban J connectivity index is 2.26. The van der Waals surface area contributed by atoms with Gasteiger partial charge in [-0.15, -0.1) is 0 Å². The molecular formula is C14H19N3O2. The molecule has 1 aliphatic rings. The van der Waals surface area contributed by atoms with Crippen molar-refractivity contribution in [3.63, 3.8) is 0 Å². The van der Waals surface area contributed by atoms with Crippen molar-refractivity contribution in [1.82, 2.24) is 0 Å². The summed E-state index contributed by atoms with van der Waals surface area (Å²) in [5, 5.41) is 2.77. The van der Waals surface area contributed by atoms with Gasteiger partial charge in [0.05, 0.1) is 11.8 Å². The second-order valence-corrected chi connectivity index (χ2v) is 5.52. The van der Waals surface area contributed by atoms with Crippen LogP contribution in [-0.2, 0) is 16.0 Å². The van der Waals surface area contributed by atoms with Gasteiger partial charge in [0.25, 0.3) is 0 Å². The molecule has 2 rings (SSSR count). The van der Waals surface area contributed by atoms with E-state index in [0.29, 0.717) is 13.0 Å². The molecular weight excluding hydrogens is 242 g/mol. The van der Waals surface area contributed by atoms with E-state index in [2.05, 4.69) is 5.32 Å². The number of carbonyl (C=O) groups excluding carboxylic acids is 2. The Bertz CT molecular complexity index is 537. The van der Waals surface area contributed by atoms with E-state index in [0.717, 1.165) is 16.9 Å². The number of anilines is 2. The molecule has 19 heavy (non-hydrogen) atoms. The number of hydrogen-bond acceptors (Lipinski definition) is 3. The van der Waals surface area contributed by atoms with Crippen molar-refractivity contribution in [3.8, 4) is 0 Å². The van der Waals surface area contributed by atoms with E-state index < -0.39 is 5.41 Å². The molecule has 2 amide bonds. The van der Waals surface area contributed by atoms with Gasteiger partial charge in [-0.25, -0.2) is 0 Å². The molecule has 0 aliphatic carbocycles. The summed E-state index contributed by atoms with van der Waals surface area (Å²) in [5.74, 6) is -0.0457. The molecule has 0 atom stereocenters. The molecule has 1 aromatic rings. The summed E-state index contributed by atoms with van der Waals surface area (Å²) in [5.41, 5.74) is 7.56. The first kappa shape index (κ1) is 13.5. The second kappa shape index (κ2) is 4.66. The van der Waals surface area contributed by atoms with E-state index in [1.54, 1.807) is 11.9 Å². The first-order valence-corrected chi connectivity index (χ1v) is 6.26. The van der Waals surface area contributed by atoms with Gasteiger partial charge in [-0.2, -0.15) is 0 Å². The minimum atomic E-state index is -0.595. The third-order valence-corrected chi connectivity index (χ3v) is 3.50. The third-order valence-electron chi connectivity index (χ3n) is 3.50. The number of rotatable bonds is 3. The summed E-state index contributed by atoms with van der Waals surface area (Å²) >= 11 is 0. The summed E-state index contributed by atoms with van der Waals surface area (Å²) in [6, 6.07) is 5.53. The normalized spacial score (nSPS) is 14.0. The van der Waals surface area contributed by atoms with Crippen molar-refractivity contribution in [2.45, 2.75) is 20.3 Å². The summed E-state index contributed by atoms with van der Waals surface area (Å²) in [4.78, 5) is 25.2. The lowest BCUT2D eigenvalue weighted by atomic mass is 9.92. The third kappa shape index (κ3) is 2.46. The Morgan fingerprint density at radius 1 is 1.47 bits per heavy atom. The fraction of sp³-hybridized carbons (Fsp3) is 0.429. The average molecular weight is 261 g/mol. The fourth-order valence-corrected chi connectivity index (χ4v) is 2.08. The van der Waals surface area contributed by atoms with Crippen molar-refractivity contribution in [3.05, 3.63) is 23.8 Å². The maximum absolute atomic E-state index is 12.3. The van der Waals surface area contributed by atoms with Crippen LogP contribution in [0.4, 0.5) is 11.4 Å². The van der Waals surface area contributed by atoms with Crippen LogP contribution in [0.2, 0.25) is 0 Å². The fourth-order valence-electron chi connectivity index (χ4n) is 2.08. The molecule has 0 aromatic heterocycles. The zero-order chi connectivity index (χ0) is 14.2. The van der Waals surface area contributed by atoms with Gasteiger partial charge in [0.15, 0.2) is 0 Å². The van der Waals surface area contributed by atoms with Crippen LogP contribution in [0.1, 0.15) is 19.4 Å². The summed E-state index contributed by atoms with van der Waals surface area (Å²) < 4.78 is 0. The lowest BCUT2D eigenvalue weighted by Gasteiger charge is -2.28. The van der Waals surface area contributed by atoms with Crippen LogP contribution in [0.25, 0.3) is 0 Å². The topological polar surface area (TPSA) is 75.4 Å². The molecule has 0 fully saturated rings. The van der Waals surface area contributed by atoms with E-state index in [9.17, 15) is 9.59 Å². The highest BCUT2D eigenvalue weighted by molar-refractivity contribution is 6.01. The SMILES string of the molecule is CN(C(=O)C(C)(C)CN)c1ccc2c(c1)CC(=O)N2. The summed E-state index contributed by atoms with van der Waals surface area (Å²) in [7, 11) is 1.73. The maximum Gasteiger partial charge on any atom is 0.233 e. The van der Waals surface area contributed by atoms with Crippen LogP contribution in [0.5, 0.6) is 0 Å². The Morgan fingerprint density at radius 2 is 2.16 bits per heavy atom. The molecule has 1 aromatic carbocycles. The van der Waals surface area contributed by atoms with Gasteiger partial charge in [0.2, 0.25) is 11.8 Å². The van der Waals surface area contributed by atoms with Crippen molar-refractivity contribution in [1.29, 1.82) is 0 Å². The molecule has 5 nitrogen and oxygen atoms in total. The standard InChI is InChI=1S/C14H19N3O2/c1-14(2,8-15)13(19)17(3)10-4-5-11-9(6-10)7-12(18)16-11/h4-6H,7-8,15H2,1-3H3,(H,16,18). The summed E-state index contributed by atoms with van der Waals surface area (Å²) in [6.07, 6.45) is 0.367. The van der Waals surface area contributed by atoms with Crippen LogP contribution < -0.4 is 16.0 Å². The van der Waals surface area contributed by atoms with Crippen LogP contribution in [0, 0.1) is 5.41 Å². The van der Waals surface area contributed by atoms with Gasteiger partial charge in [-0.1, -0.05) is 0 Å². The number of nitrogens with zero attached hydrogens (tertiary/aromatic N) is 1. The number of nitrogens with two attached hydrogens (primary N) is 1. The van der Waals surface area contributed by atoms with E-state index in [1.807, 2.05) is 32.0 Å². The minimum absolute atomic E-state index is 0.0107. The molecule has 102 valence electrons. The number of fused-ring (bicyclic) bond motifs is 1. The van der Waals surface area contributed by atoms with Crippen LogP contribution in [0.3, 0.4) is 0 Å². The van der Waals surface area contributed by atoms with Gasteiger partial charge in [-0.3, -0.25) is 9.59 Å². The molecule has 0 spiro atoms. The van der Waals surface area contributed by atoms with E-state index >= 15 is 0 Å². The number of carbonyl (C=O) groups is 2.